The molecule has 0 saturated carbocycles. The van der Waals surface area contributed by atoms with Crippen LogP contribution in [0.15, 0.2) is 18.3 Å². The number of anilines is 1. The third kappa shape index (κ3) is 4.95. The molecular formula is C13H19N3O3. The van der Waals surface area contributed by atoms with Gasteiger partial charge < -0.3 is 9.64 Å². The number of nitrogens with zero attached hydrogens (tertiary/aromatic N) is 2. The number of nitrogens with one attached hydrogen (secondary N) is 1. The number of amides is 2. The van der Waals surface area contributed by atoms with Crippen LogP contribution >= 0.6 is 0 Å². The molecule has 0 radical (unpaired) electrons. The standard InChI is InChI=1S/C13H19N3O3/c1-13(2,3)19-12(18)15-9-6-7-10(14-8-9)11(17)16(4)5/h6-8H,1-5H3,(H,15,18). The Hall–Kier alpha value is -2.11. The molecule has 0 aliphatic carbocycles. The van der Waals surface area contributed by atoms with Gasteiger partial charge in [0.15, 0.2) is 0 Å². The SMILES string of the molecule is CN(C)C(=O)c1ccc(NC(=O)OC(C)(C)C)cn1. The van der Waals surface area contributed by atoms with Crippen molar-refractivity contribution >= 4 is 17.7 Å². The van der Waals surface area contributed by atoms with Crippen LogP contribution in [0.3, 0.4) is 0 Å². The maximum Gasteiger partial charge on any atom is 0.412 e. The molecular weight excluding hydrogens is 246 g/mol. The van der Waals surface area contributed by atoms with Crippen LogP contribution in [0.2, 0.25) is 0 Å². The van der Waals surface area contributed by atoms with Gasteiger partial charge in [0.05, 0.1) is 11.9 Å². The zero-order chi connectivity index (χ0) is 14.6. The molecule has 1 aromatic heterocycles. The summed E-state index contributed by atoms with van der Waals surface area (Å²) in [6.07, 6.45) is 0.863. The number of carbonyl (C=O) groups excluding carboxylic acids is 2. The van der Waals surface area contributed by atoms with Crippen molar-refractivity contribution in [3.05, 3.63) is 24.0 Å². The highest BCUT2D eigenvalue weighted by Gasteiger charge is 2.16. The Balaban J connectivity index is 2.67. The quantitative estimate of drug-likeness (QED) is 0.889. The van der Waals surface area contributed by atoms with Crippen LogP contribution < -0.4 is 5.32 Å². The Kier molecular flexibility index (Phi) is 4.47. The highest BCUT2D eigenvalue weighted by atomic mass is 16.6. The van der Waals surface area contributed by atoms with Crippen molar-refractivity contribution in [3.63, 3.8) is 0 Å². The van der Waals surface area contributed by atoms with Crippen LogP contribution in [0.1, 0.15) is 31.3 Å². The van der Waals surface area contributed by atoms with Crippen molar-refractivity contribution in [2.75, 3.05) is 19.4 Å². The summed E-state index contributed by atoms with van der Waals surface area (Å²) in [6, 6.07) is 3.16. The first kappa shape index (κ1) is 14.9. The number of hydrogen-bond donors (Lipinski definition) is 1. The van der Waals surface area contributed by atoms with Gasteiger partial charge in [-0.2, -0.15) is 0 Å². The van der Waals surface area contributed by atoms with Crippen molar-refractivity contribution in [3.8, 4) is 0 Å². The summed E-state index contributed by atoms with van der Waals surface area (Å²) in [5.41, 5.74) is 0.238. The minimum Gasteiger partial charge on any atom is -0.444 e. The van der Waals surface area contributed by atoms with Crippen molar-refractivity contribution in [2.24, 2.45) is 0 Å². The molecule has 0 fully saturated rings. The molecule has 0 saturated heterocycles. The lowest BCUT2D eigenvalue weighted by Gasteiger charge is -2.19. The van der Waals surface area contributed by atoms with Gasteiger partial charge in [0.1, 0.15) is 11.3 Å². The van der Waals surface area contributed by atoms with Gasteiger partial charge in [-0.15, -0.1) is 0 Å². The van der Waals surface area contributed by atoms with Gasteiger partial charge in [0.25, 0.3) is 5.91 Å². The zero-order valence-corrected chi connectivity index (χ0v) is 11.9. The molecule has 0 aliphatic heterocycles. The van der Waals surface area contributed by atoms with Gasteiger partial charge in [-0.1, -0.05) is 0 Å². The molecule has 1 aromatic rings. The van der Waals surface area contributed by atoms with Gasteiger partial charge in [-0.25, -0.2) is 9.78 Å². The Morgan fingerprint density at radius 3 is 2.32 bits per heavy atom. The largest absolute Gasteiger partial charge is 0.444 e. The minimum absolute atomic E-state index is 0.191. The van der Waals surface area contributed by atoms with E-state index in [9.17, 15) is 9.59 Å². The van der Waals surface area contributed by atoms with E-state index in [2.05, 4.69) is 10.3 Å². The van der Waals surface area contributed by atoms with Crippen molar-refractivity contribution in [2.45, 2.75) is 26.4 Å². The first-order valence-corrected chi connectivity index (χ1v) is 5.87. The topological polar surface area (TPSA) is 71.5 Å². The first-order valence-electron chi connectivity index (χ1n) is 5.87. The highest BCUT2D eigenvalue weighted by Crippen LogP contribution is 2.11. The molecule has 104 valence electrons. The summed E-state index contributed by atoms with van der Waals surface area (Å²) < 4.78 is 5.10. The van der Waals surface area contributed by atoms with Crippen LogP contribution in [-0.2, 0) is 4.74 Å². The van der Waals surface area contributed by atoms with Crippen molar-refractivity contribution < 1.29 is 14.3 Å². The third-order valence-electron chi connectivity index (χ3n) is 2.03. The van der Waals surface area contributed by atoms with Gasteiger partial charge in [-0.05, 0) is 32.9 Å². The molecule has 1 rings (SSSR count). The number of carbonyl (C=O) groups is 2. The zero-order valence-electron chi connectivity index (χ0n) is 11.9. The minimum atomic E-state index is -0.557. The second kappa shape index (κ2) is 5.69. The van der Waals surface area contributed by atoms with E-state index in [0.717, 1.165) is 0 Å². The lowest BCUT2D eigenvalue weighted by atomic mass is 10.2. The first-order chi connectivity index (χ1) is 8.69. The fraction of sp³-hybridized carbons (Fsp3) is 0.462. The second-order valence-electron chi connectivity index (χ2n) is 5.26. The van der Waals surface area contributed by atoms with E-state index in [-0.39, 0.29) is 5.91 Å². The molecule has 0 aromatic carbocycles. The summed E-state index contributed by atoms with van der Waals surface area (Å²) in [5, 5.41) is 2.55. The second-order valence-corrected chi connectivity index (χ2v) is 5.26. The maximum absolute atomic E-state index is 11.6. The van der Waals surface area contributed by atoms with Crippen LogP contribution in [0.4, 0.5) is 10.5 Å². The summed E-state index contributed by atoms with van der Waals surface area (Å²) in [6.45, 7) is 5.34. The molecule has 6 nitrogen and oxygen atoms in total. The monoisotopic (exact) mass is 265 g/mol. The fourth-order valence-electron chi connectivity index (χ4n) is 1.24. The molecule has 0 aliphatic rings. The summed E-state index contributed by atoms with van der Waals surface area (Å²) in [5.74, 6) is -0.191. The number of hydrogen-bond acceptors (Lipinski definition) is 4. The van der Waals surface area contributed by atoms with E-state index in [1.54, 1.807) is 47.0 Å². The number of aromatic nitrogens is 1. The average molecular weight is 265 g/mol. The van der Waals surface area contributed by atoms with Crippen LogP contribution in [0.25, 0.3) is 0 Å². The molecule has 1 heterocycles. The molecule has 0 spiro atoms. The molecule has 1 N–H and O–H groups in total. The fourth-order valence-corrected chi connectivity index (χ4v) is 1.24. The van der Waals surface area contributed by atoms with E-state index >= 15 is 0 Å². The van der Waals surface area contributed by atoms with Crippen molar-refractivity contribution in [1.82, 2.24) is 9.88 Å². The molecule has 0 bridgehead atoms. The maximum atomic E-state index is 11.6. The number of rotatable bonds is 2. The van der Waals surface area contributed by atoms with E-state index < -0.39 is 11.7 Å². The third-order valence-corrected chi connectivity index (χ3v) is 2.03. The Morgan fingerprint density at radius 1 is 1.26 bits per heavy atom. The number of ether oxygens (including phenoxy) is 1. The highest BCUT2D eigenvalue weighted by molar-refractivity contribution is 5.92. The molecule has 6 heteroatoms. The normalized spacial score (nSPS) is 10.8. The Bertz CT molecular complexity index is 461. The summed E-state index contributed by atoms with van der Waals surface area (Å²) in [7, 11) is 3.30. The lowest BCUT2D eigenvalue weighted by Crippen LogP contribution is -2.27. The molecule has 0 atom stereocenters. The van der Waals surface area contributed by atoms with E-state index in [1.807, 2.05) is 0 Å². The predicted octanol–water partition coefficient (Wildman–Crippen LogP) is 2.13. The van der Waals surface area contributed by atoms with Gasteiger partial charge in [0, 0.05) is 14.1 Å². The Morgan fingerprint density at radius 2 is 1.89 bits per heavy atom. The van der Waals surface area contributed by atoms with Crippen molar-refractivity contribution in [1.29, 1.82) is 0 Å². The van der Waals surface area contributed by atoms with E-state index in [0.29, 0.717) is 11.4 Å². The van der Waals surface area contributed by atoms with Gasteiger partial charge in [0.2, 0.25) is 0 Å². The summed E-state index contributed by atoms with van der Waals surface area (Å²) in [4.78, 5) is 28.6. The summed E-state index contributed by atoms with van der Waals surface area (Å²) >= 11 is 0. The molecule has 19 heavy (non-hydrogen) atoms. The lowest BCUT2D eigenvalue weighted by molar-refractivity contribution is 0.0635. The van der Waals surface area contributed by atoms with Crippen LogP contribution in [-0.4, -0.2) is 41.6 Å². The van der Waals surface area contributed by atoms with Gasteiger partial charge in [-0.3, -0.25) is 10.1 Å². The van der Waals surface area contributed by atoms with E-state index in [1.165, 1.54) is 11.1 Å². The van der Waals surface area contributed by atoms with Crippen LogP contribution in [0, 0.1) is 0 Å². The molecule has 2 amide bonds. The van der Waals surface area contributed by atoms with Crippen LogP contribution in [0.5, 0.6) is 0 Å². The predicted molar refractivity (Wildman–Crippen MR) is 72.1 cm³/mol. The molecule has 0 unspecified atom stereocenters. The van der Waals surface area contributed by atoms with Gasteiger partial charge >= 0.3 is 6.09 Å². The average Bonchev–Trinajstić information content (AvgIpc) is 2.26. The Labute approximate surface area is 112 Å². The number of pyridine rings is 1. The van der Waals surface area contributed by atoms with E-state index in [4.69, 9.17) is 4.74 Å². The smallest absolute Gasteiger partial charge is 0.412 e.